The number of sulfone groups is 1. The Hall–Kier alpha value is -0.830. The van der Waals surface area contributed by atoms with Gasteiger partial charge in [0, 0.05) is 13.1 Å². The van der Waals surface area contributed by atoms with E-state index >= 15 is 0 Å². The quantitative estimate of drug-likeness (QED) is 0.630. The molecule has 0 atom stereocenters. The summed E-state index contributed by atoms with van der Waals surface area (Å²) in [4.78, 5) is 8.90. The first kappa shape index (κ1) is 13.2. The van der Waals surface area contributed by atoms with Gasteiger partial charge in [0.05, 0.1) is 10.5 Å². The predicted octanol–water partition coefficient (Wildman–Crippen LogP) is -0.220. The summed E-state index contributed by atoms with van der Waals surface area (Å²) in [5.74, 6) is -2.35. The van der Waals surface area contributed by atoms with E-state index in [0.29, 0.717) is 18.8 Å². The Kier molecular flexibility index (Phi) is 3.21. The molecule has 2 N–H and O–H groups in total. The Labute approximate surface area is 89.6 Å². The fourth-order valence-electron chi connectivity index (χ4n) is 1.36. The highest BCUT2D eigenvalue weighted by Crippen LogP contribution is 2.36. The first-order chi connectivity index (χ1) is 7.11. The molecule has 0 aliphatic carbocycles. The molecule has 5 nitrogen and oxygen atoms in total. The third-order valence-electron chi connectivity index (χ3n) is 2.62. The fourth-order valence-corrected chi connectivity index (χ4v) is 3.12. The van der Waals surface area contributed by atoms with Crippen molar-refractivity contribution in [3.63, 3.8) is 0 Å². The van der Waals surface area contributed by atoms with E-state index in [4.69, 9.17) is 9.90 Å². The van der Waals surface area contributed by atoms with Crippen molar-refractivity contribution in [3.8, 4) is 0 Å². The summed E-state index contributed by atoms with van der Waals surface area (Å²) in [6, 6.07) is 0. The third-order valence-corrected chi connectivity index (χ3v) is 5.18. The van der Waals surface area contributed by atoms with Gasteiger partial charge in [-0.25, -0.2) is 13.2 Å². The Bertz CT molecular complexity index is 379. The van der Waals surface area contributed by atoms with Crippen LogP contribution in [0.15, 0.2) is 0 Å². The number of alkyl halides is 3. The van der Waals surface area contributed by atoms with Crippen LogP contribution in [0.25, 0.3) is 0 Å². The molecule has 0 amide bonds. The maximum absolute atomic E-state index is 11.0. The van der Waals surface area contributed by atoms with Crippen molar-refractivity contribution < 1.29 is 31.5 Å². The van der Waals surface area contributed by atoms with Crippen LogP contribution in [0.5, 0.6) is 0 Å². The number of hydrogen-bond acceptors (Lipinski definition) is 4. The third kappa shape index (κ3) is 2.29. The van der Waals surface area contributed by atoms with Crippen molar-refractivity contribution in [3.05, 3.63) is 0 Å². The number of nitrogens with one attached hydrogen (secondary N) is 1. The smallest absolute Gasteiger partial charge is 0.475 e. The molecule has 16 heavy (non-hydrogen) atoms. The number of carboxylic acid groups (broad SMARTS) is 1. The second-order valence-electron chi connectivity index (χ2n) is 3.66. The second kappa shape index (κ2) is 3.88. The fraction of sp³-hybridized carbons (Fsp3) is 0.857. The highest BCUT2D eigenvalue weighted by atomic mass is 32.2. The lowest BCUT2D eigenvalue weighted by Gasteiger charge is -2.48. The van der Waals surface area contributed by atoms with Crippen LogP contribution in [-0.2, 0) is 14.6 Å². The Morgan fingerprint density at radius 2 is 1.75 bits per heavy atom. The first-order valence-corrected chi connectivity index (χ1v) is 5.99. The molecule has 0 bridgehead atoms. The van der Waals surface area contributed by atoms with E-state index in [0.717, 1.165) is 6.42 Å². The van der Waals surface area contributed by atoms with E-state index in [9.17, 15) is 21.6 Å². The van der Waals surface area contributed by atoms with Crippen LogP contribution in [0, 0.1) is 0 Å². The van der Waals surface area contributed by atoms with Crippen LogP contribution < -0.4 is 5.32 Å². The molecule has 2 saturated heterocycles. The van der Waals surface area contributed by atoms with Gasteiger partial charge in [0.1, 0.15) is 0 Å². The van der Waals surface area contributed by atoms with E-state index in [1.807, 2.05) is 0 Å². The summed E-state index contributed by atoms with van der Waals surface area (Å²) >= 11 is 0. The summed E-state index contributed by atoms with van der Waals surface area (Å²) in [6.45, 7) is 1.38. The lowest BCUT2D eigenvalue weighted by molar-refractivity contribution is -0.192. The van der Waals surface area contributed by atoms with Gasteiger partial charge in [0.25, 0.3) is 0 Å². The van der Waals surface area contributed by atoms with Crippen LogP contribution in [0.2, 0.25) is 0 Å². The minimum Gasteiger partial charge on any atom is -0.475 e. The predicted molar refractivity (Wildman–Crippen MR) is 47.7 cm³/mol. The number of aliphatic carboxylic acids is 1. The molecule has 0 radical (unpaired) electrons. The molecule has 0 aromatic carbocycles. The van der Waals surface area contributed by atoms with Gasteiger partial charge in [0.15, 0.2) is 9.84 Å². The van der Waals surface area contributed by atoms with E-state index in [-0.39, 0.29) is 4.75 Å². The molecule has 2 aliphatic rings. The van der Waals surface area contributed by atoms with Gasteiger partial charge in [-0.1, -0.05) is 0 Å². The molecule has 2 heterocycles. The molecule has 0 aromatic rings. The molecule has 9 heteroatoms. The highest BCUT2D eigenvalue weighted by molar-refractivity contribution is 7.94. The summed E-state index contributed by atoms with van der Waals surface area (Å²) in [5, 5.41) is 10.1. The van der Waals surface area contributed by atoms with Crippen LogP contribution in [0.4, 0.5) is 13.2 Å². The number of halogens is 3. The summed E-state index contributed by atoms with van der Waals surface area (Å²) in [5.41, 5.74) is 0. The monoisotopic (exact) mass is 261 g/mol. The van der Waals surface area contributed by atoms with Gasteiger partial charge in [0.2, 0.25) is 0 Å². The maximum atomic E-state index is 11.0. The van der Waals surface area contributed by atoms with Crippen LogP contribution in [0.3, 0.4) is 0 Å². The zero-order valence-electron chi connectivity index (χ0n) is 8.04. The minimum absolute atomic E-state index is 0.299. The van der Waals surface area contributed by atoms with Crippen molar-refractivity contribution in [2.75, 3.05) is 18.8 Å². The number of hydrogen-bond donors (Lipinski definition) is 2. The molecular weight excluding hydrogens is 251 g/mol. The van der Waals surface area contributed by atoms with Gasteiger partial charge < -0.3 is 10.4 Å². The SMILES string of the molecule is O=C(O)C(F)(F)F.O=S1(=O)CCC12CNC2. The van der Waals surface area contributed by atoms with Crippen molar-refractivity contribution in [2.45, 2.75) is 17.3 Å². The standard InChI is InChI=1S/C5H9NO2S.C2HF3O2/c7-9(8)2-1-5(9)3-6-4-5;3-2(4,5)1(6)7/h6H,1-4H2;(H,6,7). The summed E-state index contributed by atoms with van der Waals surface area (Å²) in [7, 11) is -2.65. The molecule has 1 spiro atoms. The highest BCUT2D eigenvalue weighted by Gasteiger charge is 2.55. The van der Waals surface area contributed by atoms with E-state index in [1.165, 1.54) is 0 Å². The number of rotatable bonds is 0. The van der Waals surface area contributed by atoms with Gasteiger partial charge in [-0.3, -0.25) is 0 Å². The second-order valence-corrected chi connectivity index (χ2v) is 6.16. The van der Waals surface area contributed by atoms with Crippen molar-refractivity contribution in [2.24, 2.45) is 0 Å². The zero-order valence-corrected chi connectivity index (χ0v) is 8.86. The topological polar surface area (TPSA) is 83.5 Å². The van der Waals surface area contributed by atoms with Crippen LogP contribution in [-0.4, -0.2) is 49.3 Å². The van der Waals surface area contributed by atoms with E-state index < -0.39 is 22.0 Å². The van der Waals surface area contributed by atoms with Crippen molar-refractivity contribution >= 4 is 15.8 Å². The van der Waals surface area contributed by atoms with Crippen molar-refractivity contribution in [1.82, 2.24) is 5.32 Å². The molecule has 94 valence electrons. The van der Waals surface area contributed by atoms with E-state index in [1.54, 1.807) is 0 Å². The summed E-state index contributed by atoms with van der Waals surface area (Å²) < 4.78 is 53.4. The zero-order chi connectivity index (χ0) is 12.6. The van der Waals surface area contributed by atoms with Gasteiger partial charge >= 0.3 is 12.1 Å². The van der Waals surface area contributed by atoms with Gasteiger partial charge in [-0.15, -0.1) is 0 Å². The average molecular weight is 261 g/mol. The largest absolute Gasteiger partial charge is 0.490 e. The molecule has 0 saturated carbocycles. The molecular formula is C7H10F3NO4S. The average Bonchev–Trinajstić information content (AvgIpc) is 1.98. The normalized spacial score (nSPS) is 24.7. The van der Waals surface area contributed by atoms with Gasteiger partial charge in [-0.2, -0.15) is 13.2 Å². The Morgan fingerprint density at radius 1 is 1.31 bits per heavy atom. The Balaban J connectivity index is 0.000000168. The lowest BCUT2D eigenvalue weighted by atomic mass is 9.98. The molecule has 0 aromatic heterocycles. The number of carbonyl (C=O) groups is 1. The minimum atomic E-state index is -5.08. The molecule has 0 unspecified atom stereocenters. The Morgan fingerprint density at radius 3 is 1.75 bits per heavy atom. The van der Waals surface area contributed by atoms with Crippen LogP contribution in [0.1, 0.15) is 6.42 Å². The van der Waals surface area contributed by atoms with Crippen LogP contribution >= 0.6 is 0 Å². The molecule has 2 rings (SSSR count). The first-order valence-electron chi connectivity index (χ1n) is 4.34. The maximum Gasteiger partial charge on any atom is 0.490 e. The van der Waals surface area contributed by atoms with Gasteiger partial charge in [-0.05, 0) is 6.42 Å². The summed E-state index contributed by atoms with van der Waals surface area (Å²) in [6.07, 6.45) is -4.21. The van der Waals surface area contributed by atoms with E-state index in [2.05, 4.69) is 5.32 Å². The lowest BCUT2D eigenvalue weighted by Crippen LogP contribution is -2.70. The van der Waals surface area contributed by atoms with Crippen molar-refractivity contribution in [1.29, 1.82) is 0 Å². The molecule has 2 fully saturated rings. The number of carboxylic acids is 1. The molecule has 2 aliphatic heterocycles.